The van der Waals surface area contributed by atoms with E-state index in [1.54, 1.807) is 0 Å². The lowest BCUT2D eigenvalue weighted by Gasteiger charge is -2.25. The number of amides is 1. The molecule has 0 aliphatic rings. The Kier molecular flexibility index (Phi) is 4.90. The fourth-order valence-corrected chi connectivity index (χ4v) is 2.43. The minimum Gasteiger partial charge on any atom is -0.351 e. The highest BCUT2D eigenvalue weighted by molar-refractivity contribution is 5.82. The molecule has 0 saturated heterocycles. The van der Waals surface area contributed by atoms with Gasteiger partial charge in [0.15, 0.2) is 0 Å². The number of nitrogens with zero attached hydrogens (tertiary/aromatic N) is 2. The molecule has 23 heavy (non-hydrogen) atoms. The van der Waals surface area contributed by atoms with Gasteiger partial charge in [-0.3, -0.25) is 4.79 Å². The van der Waals surface area contributed by atoms with Gasteiger partial charge in [-0.1, -0.05) is 39.0 Å². The predicted octanol–water partition coefficient (Wildman–Crippen LogP) is 2.48. The first-order valence-corrected chi connectivity index (χ1v) is 7.85. The first-order valence-electron chi connectivity index (χ1n) is 7.85. The zero-order valence-electron chi connectivity index (χ0n) is 14.6. The van der Waals surface area contributed by atoms with Crippen molar-refractivity contribution >= 4 is 5.91 Å². The molecule has 0 saturated carbocycles. The summed E-state index contributed by atoms with van der Waals surface area (Å²) in [5.74, 6) is -0.135. The van der Waals surface area contributed by atoms with E-state index in [-0.39, 0.29) is 11.3 Å². The van der Waals surface area contributed by atoms with E-state index < -0.39 is 6.04 Å². The minimum absolute atomic E-state index is 0.135. The molecule has 1 aromatic carbocycles. The molecule has 0 spiro atoms. The van der Waals surface area contributed by atoms with E-state index in [2.05, 4.69) is 10.4 Å². The number of aromatic nitrogens is 2. The van der Waals surface area contributed by atoms with Gasteiger partial charge in [0.1, 0.15) is 0 Å². The fourth-order valence-electron chi connectivity index (χ4n) is 2.43. The van der Waals surface area contributed by atoms with Crippen molar-refractivity contribution in [3.05, 3.63) is 47.3 Å². The van der Waals surface area contributed by atoms with Crippen molar-refractivity contribution in [2.45, 2.75) is 47.2 Å². The van der Waals surface area contributed by atoms with Gasteiger partial charge in [-0.15, -0.1) is 0 Å². The molecule has 0 unspecified atom stereocenters. The second-order valence-electron chi connectivity index (χ2n) is 6.96. The summed E-state index contributed by atoms with van der Waals surface area (Å²) in [4.78, 5) is 12.2. The third-order valence-electron chi connectivity index (χ3n) is 4.10. The number of hydrogen-bond donors (Lipinski definition) is 2. The summed E-state index contributed by atoms with van der Waals surface area (Å²) in [5, 5.41) is 7.52. The van der Waals surface area contributed by atoms with Crippen molar-refractivity contribution in [2.75, 3.05) is 0 Å². The quantitative estimate of drug-likeness (QED) is 0.910. The van der Waals surface area contributed by atoms with Crippen LogP contribution in [0.4, 0.5) is 0 Å². The first kappa shape index (κ1) is 17.2. The molecule has 1 amide bonds. The zero-order chi connectivity index (χ0) is 17.2. The Morgan fingerprint density at radius 1 is 1.26 bits per heavy atom. The maximum atomic E-state index is 12.2. The Morgan fingerprint density at radius 3 is 2.43 bits per heavy atom. The van der Waals surface area contributed by atoms with Crippen LogP contribution in [0.3, 0.4) is 0 Å². The number of carbonyl (C=O) groups is 1. The van der Waals surface area contributed by atoms with Crippen LogP contribution in [0.2, 0.25) is 0 Å². The van der Waals surface area contributed by atoms with Crippen LogP contribution in [0, 0.1) is 19.3 Å². The maximum Gasteiger partial charge on any atom is 0.237 e. The van der Waals surface area contributed by atoms with E-state index in [4.69, 9.17) is 5.73 Å². The maximum absolute atomic E-state index is 12.2. The molecule has 5 nitrogen and oxygen atoms in total. The lowest BCUT2D eigenvalue weighted by molar-refractivity contribution is -0.124. The van der Waals surface area contributed by atoms with Crippen molar-refractivity contribution in [3.63, 3.8) is 0 Å². The van der Waals surface area contributed by atoms with Crippen molar-refractivity contribution in [1.29, 1.82) is 0 Å². The molecule has 1 heterocycles. The lowest BCUT2D eigenvalue weighted by Crippen LogP contribution is -2.48. The van der Waals surface area contributed by atoms with Crippen molar-refractivity contribution in [1.82, 2.24) is 15.1 Å². The minimum atomic E-state index is -0.535. The highest BCUT2D eigenvalue weighted by Gasteiger charge is 2.27. The molecule has 124 valence electrons. The van der Waals surface area contributed by atoms with Gasteiger partial charge < -0.3 is 11.1 Å². The van der Waals surface area contributed by atoms with Gasteiger partial charge in [0, 0.05) is 17.8 Å². The van der Waals surface area contributed by atoms with Crippen LogP contribution >= 0.6 is 0 Å². The number of para-hydroxylation sites is 1. The number of carbonyl (C=O) groups excluding carboxylic acids is 1. The average molecular weight is 314 g/mol. The van der Waals surface area contributed by atoms with Gasteiger partial charge >= 0.3 is 0 Å². The number of aryl methyl sites for hydroxylation is 1. The summed E-state index contributed by atoms with van der Waals surface area (Å²) in [5.41, 5.74) is 9.72. The molecule has 3 N–H and O–H groups in total. The van der Waals surface area contributed by atoms with Crippen LogP contribution in [0.15, 0.2) is 30.3 Å². The molecular formula is C18H26N4O. The van der Waals surface area contributed by atoms with E-state index in [9.17, 15) is 4.79 Å². The normalized spacial score (nSPS) is 13.0. The number of nitrogens with one attached hydrogen (secondary N) is 1. The predicted molar refractivity (Wildman–Crippen MR) is 92.3 cm³/mol. The number of benzene rings is 1. The molecule has 0 aliphatic heterocycles. The van der Waals surface area contributed by atoms with E-state index in [0.717, 1.165) is 22.6 Å². The zero-order valence-corrected chi connectivity index (χ0v) is 14.6. The van der Waals surface area contributed by atoms with Crippen LogP contribution in [0.25, 0.3) is 5.69 Å². The molecular weight excluding hydrogens is 288 g/mol. The second-order valence-corrected chi connectivity index (χ2v) is 6.96. The molecule has 0 fully saturated rings. The van der Waals surface area contributed by atoms with Gasteiger partial charge in [0.2, 0.25) is 5.91 Å². The first-order chi connectivity index (χ1) is 10.7. The molecule has 0 bridgehead atoms. The van der Waals surface area contributed by atoms with E-state index >= 15 is 0 Å². The Balaban J connectivity index is 2.16. The standard InChI is InChI=1S/C18H26N4O/c1-12-15(11-20-17(23)16(19)18(3,4)5)13(2)22(21-12)14-9-7-6-8-10-14/h6-10,16H,11,19H2,1-5H3,(H,20,23)/t16-/m1/s1. The number of hydrogen-bond acceptors (Lipinski definition) is 3. The number of rotatable bonds is 4. The van der Waals surface area contributed by atoms with E-state index in [1.165, 1.54) is 0 Å². The van der Waals surface area contributed by atoms with Crippen molar-refractivity contribution in [3.8, 4) is 5.69 Å². The van der Waals surface area contributed by atoms with E-state index in [0.29, 0.717) is 6.54 Å². The molecule has 1 atom stereocenters. The van der Waals surface area contributed by atoms with Crippen LogP contribution in [0.5, 0.6) is 0 Å². The lowest BCUT2D eigenvalue weighted by atomic mass is 9.87. The summed E-state index contributed by atoms with van der Waals surface area (Å²) < 4.78 is 1.90. The van der Waals surface area contributed by atoms with Crippen LogP contribution in [-0.4, -0.2) is 21.7 Å². The van der Waals surface area contributed by atoms with Crippen molar-refractivity contribution in [2.24, 2.45) is 11.1 Å². The molecule has 2 aromatic rings. The monoisotopic (exact) mass is 314 g/mol. The van der Waals surface area contributed by atoms with Gasteiger partial charge in [0.05, 0.1) is 17.4 Å². The van der Waals surface area contributed by atoms with Gasteiger partial charge in [0.25, 0.3) is 0 Å². The van der Waals surface area contributed by atoms with Crippen LogP contribution < -0.4 is 11.1 Å². The van der Waals surface area contributed by atoms with Gasteiger partial charge in [-0.05, 0) is 31.4 Å². The van der Waals surface area contributed by atoms with E-state index in [1.807, 2.05) is 69.6 Å². The third kappa shape index (κ3) is 3.79. The Morgan fingerprint density at radius 2 is 1.87 bits per heavy atom. The highest BCUT2D eigenvalue weighted by atomic mass is 16.2. The fraction of sp³-hybridized carbons (Fsp3) is 0.444. The number of nitrogens with two attached hydrogens (primary N) is 1. The summed E-state index contributed by atoms with van der Waals surface area (Å²) in [6, 6.07) is 9.43. The van der Waals surface area contributed by atoms with Crippen molar-refractivity contribution < 1.29 is 4.79 Å². The average Bonchev–Trinajstić information content (AvgIpc) is 2.79. The van der Waals surface area contributed by atoms with Crippen LogP contribution in [0.1, 0.15) is 37.7 Å². The smallest absolute Gasteiger partial charge is 0.237 e. The largest absolute Gasteiger partial charge is 0.351 e. The SMILES string of the molecule is Cc1nn(-c2ccccc2)c(C)c1CNC(=O)[C@@H](N)C(C)(C)C. The summed E-state index contributed by atoms with van der Waals surface area (Å²) in [6.07, 6.45) is 0. The second kappa shape index (κ2) is 6.54. The third-order valence-corrected chi connectivity index (χ3v) is 4.10. The highest BCUT2D eigenvalue weighted by Crippen LogP contribution is 2.19. The Bertz CT molecular complexity index is 683. The summed E-state index contributed by atoms with van der Waals surface area (Å²) in [6.45, 7) is 10.3. The summed E-state index contributed by atoms with van der Waals surface area (Å²) >= 11 is 0. The topological polar surface area (TPSA) is 72.9 Å². The van der Waals surface area contributed by atoms with Gasteiger partial charge in [-0.25, -0.2) is 4.68 Å². The summed E-state index contributed by atoms with van der Waals surface area (Å²) in [7, 11) is 0. The molecule has 2 rings (SSSR count). The Hall–Kier alpha value is -2.14. The van der Waals surface area contributed by atoms with Crippen LogP contribution in [-0.2, 0) is 11.3 Å². The molecule has 1 aromatic heterocycles. The Labute approximate surface area is 137 Å². The molecule has 5 heteroatoms. The van der Waals surface area contributed by atoms with Gasteiger partial charge in [-0.2, -0.15) is 5.10 Å². The molecule has 0 radical (unpaired) electrons. The molecule has 0 aliphatic carbocycles.